The number of benzene rings is 1. The minimum atomic E-state index is -0.372. The molecular weight excluding hydrogens is 249 g/mol. The predicted octanol–water partition coefficient (Wildman–Crippen LogP) is 2.99. The highest BCUT2D eigenvalue weighted by atomic mass is 35.5. The van der Waals surface area contributed by atoms with Crippen LogP contribution in [0.3, 0.4) is 0 Å². The van der Waals surface area contributed by atoms with E-state index in [1.54, 1.807) is 24.4 Å². The molecule has 2 rings (SSSR count). The van der Waals surface area contributed by atoms with E-state index >= 15 is 0 Å². The van der Waals surface area contributed by atoms with Gasteiger partial charge in [0.15, 0.2) is 0 Å². The fourth-order valence-corrected chi connectivity index (χ4v) is 2.05. The average Bonchev–Trinajstić information content (AvgIpc) is 2.64. The summed E-state index contributed by atoms with van der Waals surface area (Å²) in [6, 6.07) is 5.35. The molecule has 0 aliphatic heterocycles. The van der Waals surface area contributed by atoms with Crippen LogP contribution in [0.1, 0.15) is 5.56 Å². The molecule has 0 N–H and O–H groups in total. The summed E-state index contributed by atoms with van der Waals surface area (Å²) in [5, 5.41) is 1.23. The molecular formula is C11H9Cl2NO2. The van der Waals surface area contributed by atoms with Crippen molar-refractivity contribution in [3.05, 3.63) is 56.8 Å². The summed E-state index contributed by atoms with van der Waals surface area (Å²) in [5.41, 5.74) is 0.846. The van der Waals surface area contributed by atoms with Crippen LogP contribution in [0.5, 0.6) is 0 Å². The van der Waals surface area contributed by atoms with E-state index in [9.17, 15) is 4.79 Å². The van der Waals surface area contributed by atoms with Crippen molar-refractivity contribution in [3.8, 4) is 0 Å². The molecule has 1 aromatic heterocycles. The van der Waals surface area contributed by atoms with Crippen LogP contribution in [0, 0.1) is 0 Å². The van der Waals surface area contributed by atoms with E-state index in [1.807, 2.05) is 0 Å². The zero-order valence-corrected chi connectivity index (χ0v) is 9.83. The second-order valence-electron chi connectivity index (χ2n) is 3.31. The SMILES string of the molecule is O=c1occn1CCc1c(Cl)cccc1Cl. The molecule has 0 amide bonds. The molecule has 0 unspecified atom stereocenters. The monoisotopic (exact) mass is 257 g/mol. The first-order valence-corrected chi connectivity index (χ1v) is 5.51. The molecule has 5 heteroatoms. The number of rotatable bonds is 3. The van der Waals surface area contributed by atoms with Crippen molar-refractivity contribution in [3.63, 3.8) is 0 Å². The molecule has 0 saturated carbocycles. The van der Waals surface area contributed by atoms with Gasteiger partial charge in [0.1, 0.15) is 6.26 Å². The Labute approximate surface area is 102 Å². The Kier molecular flexibility index (Phi) is 3.36. The van der Waals surface area contributed by atoms with Crippen LogP contribution in [0.2, 0.25) is 10.0 Å². The molecule has 16 heavy (non-hydrogen) atoms. The van der Waals surface area contributed by atoms with Crippen LogP contribution in [0.15, 0.2) is 39.9 Å². The van der Waals surface area contributed by atoms with E-state index in [0.717, 1.165) is 5.56 Å². The fourth-order valence-electron chi connectivity index (χ4n) is 1.46. The number of hydrogen-bond acceptors (Lipinski definition) is 2. The van der Waals surface area contributed by atoms with E-state index in [4.69, 9.17) is 23.2 Å². The van der Waals surface area contributed by atoms with Gasteiger partial charge in [-0.3, -0.25) is 4.57 Å². The van der Waals surface area contributed by atoms with Crippen molar-refractivity contribution in [1.29, 1.82) is 0 Å². The van der Waals surface area contributed by atoms with Crippen molar-refractivity contribution in [1.82, 2.24) is 4.57 Å². The highest BCUT2D eigenvalue weighted by Gasteiger charge is 2.06. The summed E-state index contributed by atoms with van der Waals surface area (Å²) in [6.45, 7) is 0.499. The molecule has 0 saturated heterocycles. The predicted molar refractivity (Wildman–Crippen MR) is 63.1 cm³/mol. The smallest absolute Gasteiger partial charge is 0.416 e. The largest absolute Gasteiger partial charge is 0.418 e. The molecule has 1 aromatic carbocycles. The van der Waals surface area contributed by atoms with Gasteiger partial charge in [-0.15, -0.1) is 0 Å². The summed E-state index contributed by atoms with van der Waals surface area (Å²) >= 11 is 12.0. The van der Waals surface area contributed by atoms with Crippen molar-refractivity contribution in [2.45, 2.75) is 13.0 Å². The molecule has 84 valence electrons. The third-order valence-electron chi connectivity index (χ3n) is 2.31. The lowest BCUT2D eigenvalue weighted by Gasteiger charge is -2.06. The summed E-state index contributed by atoms with van der Waals surface area (Å²) in [6.07, 6.45) is 3.54. The lowest BCUT2D eigenvalue weighted by atomic mass is 10.1. The van der Waals surface area contributed by atoms with Gasteiger partial charge in [-0.2, -0.15) is 0 Å². The first-order valence-electron chi connectivity index (χ1n) is 4.75. The number of halogens is 2. The third-order valence-corrected chi connectivity index (χ3v) is 3.02. The minimum Gasteiger partial charge on any atom is -0.416 e. The summed E-state index contributed by atoms with van der Waals surface area (Å²) < 4.78 is 6.13. The van der Waals surface area contributed by atoms with E-state index < -0.39 is 0 Å². The Hall–Kier alpha value is -1.19. The average molecular weight is 258 g/mol. The molecule has 0 fully saturated rings. The number of aromatic nitrogens is 1. The zero-order valence-electron chi connectivity index (χ0n) is 8.32. The first kappa shape index (κ1) is 11.3. The van der Waals surface area contributed by atoms with Gasteiger partial charge in [-0.05, 0) is 24.1 Å². The van der Waals surface area contributed by atoms with Gasteiger partial charge >= 0.3 is 5.76 Å². The normalized spacial score (nSPS) is 10.6. The maximum Gasteiger partial charge on any atom is 0.418 e. The summed E-state index contributed by atoms with van der Waals surface area (Å²) in [7, 11) is 0. The molecule has 1 heterocycles. The first-order chi connectivity index (χ1) is 7.68. The summed E-state index contributed by atoms with van der Waals surface area (Å²) in [4.78, 5) is 11.1. The maximum atomic E-state index is 11.1. The molecule has 0 atom stereocenters. The van der Waals surface area contributed by atoms with Gasteiger partial charge in [0.25, 0.3) is 0 Å². The van der Waals surface area contributed by atoms with Gasteiger partial charge in [-0.1, -0.05) is 29.3 Å². The van der Waals surface area contributed by atoms with Gasteiger partial charge < -0.3 is 4.42 Å². The van der Waals surface area contributed by atoms with Gasteiger partial charge in [0.05, 0.1) is 0 Å². The lowest BCUT2D eigenvalue weighted by molar-refractivity contribution is 0.477. The van der Waals surface area contributed by atoms with Gasteiger partial charge in [-0.25, -0.2) is 4.79 Å². The van der Waals surface area contributed by atoms with Crippen LogP contribution in [0.25, 0.3) is 0 Å². The number of aryl methyl sites for hydroxylation is 1. The van der Waals surface area contributed by atoms with E-state index in [0.29, 0.717) is 23.0 Å². The topological polar surface area (TPSA) is 35.1 Å². The standard InChI is InChI=1S/C11H9Cl2NO2/c12-9-2-1-3-10(13)8(9)4-5-14-6-7-16-11(14)15/h1-3,6-7H,4-5H2. The van der Waals surface area contributed by atoms with Crippen molar-refractivity contribution in [2.75, 3.05) is 0 Å². The molecule has 0 spiro atoms. The van der Waals surface area contributed by atoms with E-state index in [-0.39, 0.29) is 5.76 Å². The minimum absolute atomic E-state index is 0.372. The van der Waals surface area contributed by atoms with Crippen molar-refractivity contribution >= 4 is 23.2 Å². The quantitative estimate of drug-likeness (QED) is 0.848. The van der Waals surface area contributed by atoms with Crippen LogP contribution in [-0.2, 0) is 13.0 Å². The highest BCUT2D eigenvalue weighted by molar-refractivity contribution is 6.35. The lowest BCUT2D eigenvalue weighted by Crippen LogP contribution is -2.14. The second-order valence-corrected chi connectivity index (χ2v) is 4.13. The Bertz CT molecular complexity index is 525. The Morgan fingerprint density at radius 3 is 2.50 bits per heavy atom. The number of nitrogens with zero attached hydrogens (tertiary/aromatic N) is 1. The maximum absolute atomic E-state index is 11.1. The van der Waals surface area contributed by atoms with Crippen LogP contribution < -0.4 is 5.76 Å². The molecule has 0 bridgehead atoms. The zero-order chi connectivity index (χ0) is 11.5. The van der Waals surface area contributed by atoms with Crippen LogP contribution in [0.4, 0.5) is 0 Å². The molecule has 0 radical (unpaired) electrons. The Morgan fingerprint density at radius 1 is 1.25 bits per heavy atom. The number of oxazole rings is 1. The van der Waals surface area contributed by atoms with Gasteiger partial charge in [0, 0.05) is 22.8 Å². The summed E-state index contributed by atoms with van der Waals surface area (Å²) in [5.74, 6) is -0.372. The van der Waals surface area contributed by atoms with Crippen LogP contribution in [-0.4, -0.2) is 4.57 Å². The second kappa shape index (κ2) is 4.76. The Balaban J connectivity index is 2.17. The van der Waals surface area contributed by atoms with E-state index in [2.05, 4.69) is 4.42 Å². The van der Waals surface area contributed by atoms with Crippen LogP contribution >= 0.6 is 23.2 Å². The third kappa shape index (κ3) is 2.31. The fraction of sp³-hybridized carbons (Fsp3) is 0.182. The van der Waals surface area contributed by atoms with E-state index in [1.165, 1.54) is 10.8 Å². The molecule has 3 nitrogen and oxygen atoms in total. The van der Waals surface area contributed by atoms with Crippen molar-refractivity contribution in [2.24, 2.45) is 0 Å². The molecule has 0 aliphatic rings. The van der Waals surface area contributed by atoms with Gasteiger partial charge in [0.2, 0.25) is 0 Å². The highest BCUT2D eigenvalue weighted by Crippen LogP contribution is 2.24. The molecule has 0 aliphatic carbocycles. The molecule has 2 aromatic rings. The number of hydrogen-bond donors (Lipinski definition) is 0. The Morgan fingerprint density at radius 2 is 1.94 bits per heavy atom. The van der Waals surface area contributed by atoms with Crippen molar-refractivity contribution < 1.29 is 4.42 Å².